The summed E-state index contributed by atoms with van der Waals surface area (Å²) in [5.41, 5.74) is 1.93. The number of ether oxygens (including phenoxy) is 1. The van der Waals surface area contributed by atoms with E-state index < -0.39 is 10.0 Å². The highest BCUT2D eigenvalue weighted by atomic mass is 32.2. The summed E-state index contributed by atoms with van der Waals surface area (Å²) in [6.45, 7) is 2.13. The van der Waals surface area contributed by atoms with Crippen LogP contribution in [-0.2, 0) is 26.0 Å². The molecule has 0 saturated carbocycles. The Morgan fingerprint density at radius 2 is 1.71 bits per heavy atom. The smallest absolute Gasteiger partial charge is 0.244 e. The highest BCUT2D eigenvalue weighted by Gasteiger charge is 2.25. The van der Waals surface area contributed by atoms with E-state index in [2.05, 4.69) is 5.32 Å². The number of nitrogens with zero attached hydrogens (tertiary/aromatic N) is 1. The largest absolute Gasteiger partial charge is 0.379 e. The fourth-order valence-electron chi connectivity index (χ4n) is 2.89. The van der Waals surface area contributed by atoms with Crippen molar-refractivity contribution in [2.45, 2.75) is 11.3 Å². The predicted octanol–water partition coefficient (Wildman–Crippen LogP) is 2.08. The van der Waals surface area contributed by atoms with E-state index in [4.69, 9.17) is 4.74 Å². The molecular formula is C21H24N2O4S. The topological polar surface area (TPSA) is 75.7 Å². The van der Waals surface area contributed by atoms with E-state index in [0.29, 0.717) is 32.8 Å². The van der Waals surface area contributed by atoms with Gasteiger partial charge in [0.25, 0.3) is 0 Å². The van der Waals surface area contributed by atoms with Crippen LogP contribution in [0.15, 0.2) is 65.6 Å². The second-order valence-electron chi connectivity index (χ2n) is 6.45. The maximum absolute atomic E-state index is 12.6. The molecule has 2 aromatic rings. The molecule has 0 spiro atoms. The van der Waals surface area contributed by atoms with Gasteiger partial charge in [0.05, 0.1) is 18.1 Å². The molecule has 1 saturated heterocycles. The number of sulfonamides is 1. The molecule has 0 unspecified atom stereocenters. The number of amides is 1. The van der Waals surface area contributed by atoms with Gasteiger partial charge in [-0.05, 0) is 35.8 Å². The molecule has 148 valence electrons. The molecule has 1 aliphatic heterocycles. The maximum Gasteiger partial charge on any atom is 0.244 e. The zero-order valence-electron chi connectivity index (χ0n) is 15.6. The first-order valence-corrected chi connectivity index (χ1v) is 10.7. The Hall–Kier alpha value is -2.48. The fourth-order valence-corrected chi connectivity index (χ4v) is 4.30. The zero-order chi connectivity index (χ0) is 19.8. The molecule has 0 aliphatic carbocycles. The van der Waals surface area contributed by atoms with Crippen molar-refractivity contribution in [3.63, 3.8) is 0 Å². The zero-order valence-corrected chi connectivity index (χ0v) is 16.4. The van der Waals surface area contributed by atoms with Gasteiger partial charge in [-0.1, -0.05) is 42.5 Å². The van der Waals surface area contributed by atoms with Crippen LogP contribution in [-0.4, -0.2) is 51.5 Å². The van der Waals surface area contributed by atoms with Gasteiger partial charge >= 0.3 is 0 Å². The van der Waals surface area contributed by atoms with E-state index in [1.807, 2.05) is 30.3 Å². The van der Waals surface area contributed by atoms with Crippen LogP contribution in [0.2, 0.25) is 0 Å². The fraction of sp³-hybridized carbons (Fsp3) is 0.286. The minimum absolute atomic E-state index is 0.180. The molecule has 1 amide bonds. The maximum atomic E-state index is 12.6. The third-order valence-electron chi connectivity index (χ3n) is 4.47. The highest BCUT2D eigenvalue weighted by Crippen LogP contribution is 2.18. The van der Waals surface area contributed by atoms with E-state index in [1.54, 1.807) is 30.3 Å². The van der Waals surface area contributed by atoms with E-state index >= 15 is 0 Å². The average molecular weight is 401 g/mol. The number of hydrogen-bond acceptors (Lipinski definition) is 4. The van der Waals surface area contributed by atoms with Crippen LogP contribution in [0.4, 0.5) is 0 Å². The van der Waals surface area contributed by atoms with Crippen LogP contribution >= 0.6 is 0 Å². The Kier molecular flexibility index (Phi) is 6.97. The molecule has 1 fully saturated rings. The molecule has 0 atom stereocenters. The van der Waals surface area contributed by atoms with Crippen LogP contribution in [0, 0.1) is 0 Å². The summed E-state index contributed by atoms with van der Waals surface area (Å²) in [6, 6.07) is 16.5. The van der Waals surface area contributed by atoms with Crippen molar-refractivity contribution in [2.75, 3.05) is 32.8 Å². The third kappa shape index (κ3) is 5.51. The van der Waals surface area contributed by atoms with E-state index in [-0.39, 0.29) is 10.8 Å². The lowest BCUT2D eigenvalue weighted by molar-refractivity contribution is -0.116. The molecule has 3 rings (SSSR count). The lowest BCUT2D eigenvalue weighted by Gasteiger charge is -2.26. The van der Waals surface area contributed by atoms with Gasteiger partial charge in [0.15, 0.2) is 0 Å². The SMILES string of the molecule is O=C(/C=C/c1ccc(S(=O)(=O)N2CCOCC2)cc1)NCCc1ccccc1. The molecule has 0 radical (unpaired) electrons. The minimum Gasteiger partial charge on any atom is -0.379 e. The monoisotopic (exact) mass is 400 g/mol. The number of benzene rings is 2. The van der Waals surface area contributed by atoms with Gasteiger partial charge in [-0.3, -0.25) is 4.79 Å². The van der Waals surface area contributed by atoms with Crippen molar-refractivity contribution in [3.8, 4) is 0 Å². The summed E-state index contributed by atoms with van der Waals surface area (Å²) in [4.78, 5) is 12.2. The van der Waals surface area contributed by atoms with E-state index in [1.165, 1.54) is 15.9 Å². The van der Waals surface area contributed by atoms with Crippen molar-refractivity contribution in [2.24, 2.45) is 0 Å². The lowest BCUT2D eigenvalue weighted by atomic mass is 10.1. The number of carbonyl (C=O) groups is 1. The first-order chi connectivity index (χ1) is 13.6. The van der Waals surface area contributed by atoms with Gasteiger partial charge in [-0.2, -0.15) is 4.31 Å². The second kappa shape index (κ2) is 9.64. The minimum atomic E-state index is -3.50. The summed E-state index contributed by atoms with van der Waals surface area (Å²) in [7, 11) is -3.50. The van der Waals surface area contributed by atoms with Crippen LogP contribution < -0.4 is 5.32 Å². The Labute approximate surface area is 165 Å². The van der Waals surface area contributed by atoms with Crippen molar-refractivity contribution in [3.05, 3.63) is 71.8 Å². The lowest BCUT2D eigenvalue weighted by Crippen LogP contribution is -2.40. The van der Waals surface area contributed by atoms with Crippen molar-refractivity contribution >= 4 is 22.0 Å². The summed E-state index contributed by atoms with van der Waals surface area (Å²) >= 11 is 0. The number of nitrogens with one attached hydrogen (secondary N) is 1. The van der Waals surface area contributed by atoms with Gasteiger partial charge in [-0.15, -0.1) is 0 Å². The van der Waals surface area contributed by atoms with Crippen LogP contribution in [0.5, 0.6) is 0 Å². The second-order valence-corrected chi connectivity index (χ2v) is 8.38. The van der Waals surface area contributed by atoms with Gasteiger partial charge < -0.3 is 10.1 Å². The highest BCUT2D eigenvalue weighted by molar-refractivity contribution is 7.89. The normalized spacial score (nSPS) is 15.6. The third-order valence-corrected chi connectivity index (χ3v) is 6.38. The molecule has 1 heterocycles. The Morgan fingerprint density at radius 1 is 1.04 bits per heavy atom. The van der Waals surface area contributed by atoms with Gasteiger partial charge in [0, 0.05) is 25.7 Å². The van der Waals surface area contributed by atoms with Crippen LogP contribution in [0.25, 0.3) is 6.08 Å². The number of morpholine rings is 1. The van der Waals surface area contributed by atoms with E-state index in [0.717, 1.165) is 12.0 Å². The van der Waals surface area contributed by atoms with E-state index in [9.17, 15) is 13.2 Å². The molecule has 28 heavy (non-hydrogen) atoms. The average Bonchev–Trinajstić information content (AvgIpc) is 2.74. The predicted molar refractivity (Wildman–Crippen MR) is 108 cm³/mol. The van der Waals surface area contributed by atoms with Crippen molar-refractivity contribution < 1.29 is 17.9 Å². The molecule has 6 nitrogen and oxygen atoms in total. The summed E-state index contributed by atoms with van der Waals surface area (Å²) < 4.78 is 31.8. The Bertz CT molecular complexity index is 903. The standard InChI is InChI=1S/C21H24N2O4S/c24-21(22-13-12-18-4-2-1-3-5-18)11-8-19-6-9-20(10-7-19)28(25,26)23-14-16-27-17-15-23/h1-11H,12-17H2,(H,22,24)/b11-8+. The van der Waals surface area contributed by atoms with Gasteiger partial charge in [0.2, 0.25) is 15.9 Å². The first kappa shape index (κ1) is 20.3. The van der Waals surface area contributed by atoms with Gasteiger partial charge in [-0.25, -0.2) is 8.42 Å². The van der Waals surface area contributed by atoms with Crippen molar-refractivity contribution in [1.29, 1.82) is 0 Å². The first-order valence-electron chi connectivity index (χ1n) is 9.23. The van der Waals surface area contributed by atoms with Gasteiger partial charge in [0.1, 0.15) is 0 Å². The van der Waals surface area contributed by atoms with Crippen LogP contribution in [0.3, 0.4) is 0 Å². The Morgan fingerprint density at radius 3 is 2.39 bits per heavy atom. The molecular weight excluding hydrogens is 376 g/mol. The molecule has 2 aromatic carbocycles. The molecule has 7 heteroatoms. The molecule has 1 aliphatic rings. The quantitative estimate of drug-likeness (QED) is 0.722. The number of hydrogen-bond donors (Lipinski definition) is 1. The number of rotatable bonds is 7. The molecule has 0 aromatic heterocycles. The summed E-state index contributed by atoms with van der Waals surface area (Å²) in [6.07, 6.45) is 3.90. The van der Waals surface area contributed by atoms with Crippen LogP contribution in [0.1, 0.15) is 11.1 Å². The Balaban J connectivity index is 1.52. The van der Waals surface area contributed by atoms with Crippen molar-refractivity contribution in [1.82, 2.24) is 9.62 Å². The summed E-state index contributed by atoms with van der Waals surface area (Å²) in [5.74, 6) is -0.180. The molecule has 0 bridgehead atoms. The number of carbonyl (C=O) groups excluding carboxylic acids is 1. The molecule has 1 N–H and O–H groups in total. The summed E-state index contributed by atoms with van der Waals surface area (Å²) in [5, 5.41) is 2.84.